The first-order valence-corrected chi connectivity index (χ1v) is 7.29. The first-order chi connectivity index (χ1) is 10.5. The van der Waals surface area contributed by atoms with Gasteiger partial charge < -0.3 is 4.74 Å². The average molecular weight is 329 g/mol. The van der Waals surface area contributed by atoms with Crippen LogP contribution in [0.4, 0.5) is 13.2 Å². The molecule has 118 valence electrons. The van der Waals surface area contributed by atoms with Crippen LogP contribution < -0.4 is 0 Å². The topological polar surface area (TPSA) is 9.23 Å². The Kier molecular flexibility index (Phi) is 5.86. The minimum Gasteiger partial charge on any atom is -0.376 e. The van der Waals surface area contributed by atoms with Crippen LogP contribution in [0.1, 0.15) is 16.5 Å². The van der Waals surface area contributed by atoms with E-state index in [1.165, 1.54) is 0 Å². The van der Waals surface area contributed by atoms with E-state index in [9.17, 15) is 13.2 Å². The van der Waals surface area contributed by atoms with Crippen molar-refractivity contribution in [1.82, 2.24) is 0 Å². The van der Waals surface area contributed by atoms with Crippen LogP contribution in [0.25, 0.3) is 0 Å². The molecule has 0 saturated carbocycles. The summed E-state index contributed by atoms with van der Waals surface area (Å²) in [6, 6.07) is 17.3. The van der Waals surface area contributed by atoms with Gasteiger partial charge in [-0.1, -0.05) is 60.7 Å². The smallest absolute Gasteiger partial charge is 0.376 e. The van der Waals surface area contributed by atoms with Crippen LogP contribution in [-0.4, -0.2) is 12.8 Å². The fourth-order valence-electron chi connectivity index (χ4n) is 2.09. The lowest BCUT2D eigenvalue weighted by Gasteiger charge is -2.25. The van der Waals surface area contributed by atoms with Gasteiger partial charge >= 0.3 is 6.18 Å². The Hall–Kier alpha value is -1.52. The van der Waals surface area contributed by atoms with Gasteiger partial charge in [-0.25, -0.2) is 0 Å². The fourth-order valence-corrected chi connectivity index (χ4v) is 2.45. The Morgan fingerprint density at radius 2 is 1.45 bits per heavy atom. The minimum absolute atomic E-state index is 0.131. The van der Waals surface area contributed by atoms with Crippen molar-refractivity contribution in [1.29, 1.82) is 0 Å². The van der Waals surface area contributed by atoms with Crippen LogP contribution in [0.3, 0.4) is 0 Å². The Morgan fingerprint density at radius 3 is 2.00 bits per heavy atom. The highest BCUT2D eigenvalue weighted by Crippen LogP contribution is 2.40. The van der Waals surface area contributed by atoms with Crippen LogP contribution in [0.2, 0.25) is 0 Å². The van der Waals surface area contributed by atoms with Crippen molar-refractivity contribution in [2.45, 2.75) is 18.2 Å². The van der Waals surface area contributed by atoms with Gasteiger partial charge in [0.05, 0.1) is 24.5 Å². The van der Waals surface area contributed by atoms with Gasteiger partial charge in [0, 0.05) is 0 Å². The first-order valence-electron chi connectivity index (χ1n) is 6.86. The molecule has 0 saturated heterocycles. The highest BCUT2D eigenvalue weighted by Gasteiger charge is 2.44. The monoisotopic (exact) mass is 328 g/mol. The standard InChI is InChI=1S/C17H16ClF3O/c18-16(14-9-5-2-6-10-14)15(17(19,20)21)12-22-11-13-7-3-1-4-8-13/h1-10,15-16H,11-12H2. The first kappa shape index (κ1) is 16.8. The van der Waals surface area contributed by atoms with Gasteiger partial charge in [0.25, 0.3) is 0 Å². The zero-order valence-corrected chi connectivity index (χ0v) is 12.5. The molecule has 0 aliphatic carbocycles. The maximum atomic E-state index is 13.2. The quantitative estimate of drug-likeness (QED) is 0.648. The number of rotatable bonds is 6. The molecule has 0 spiro atoms. The Labute approximate surface area is 132 Å². The van der Waals surface area contributed by atoms with Crippen molar-refractivity contribution >= 4 is 11.6 Å². The van der Waals surface area contributed by atoms with Crippen molar-refractivity contribution < 1.29 is 17.9 Å². The third-order valence-electron chi connectivity index (χ3n) is 3.30. The normalized spacial score (nSPS) is 14.5. The van der Waals surface area contributed by atoms with Gasteiger partial charge in [0.15, 0.2) is 0 Å². The van der Waals surface area contributed by atoms with Crippen LogP contribution in [0.5, 0.6) is 0 Å². The molecule has 0 heterocycles. The van der Waals surface area contributed by atoms with Gasteiger partial charge in [-0.05, 0) is 11.1 Å². The van der Waals surface area contributed by atoms with Crippen molar-refractivity contribution in [3.63, 3.8) is 0 Å². The van der Waals surface area contributed by atoms with E-state index in [4.69, 9.17) is 16.3 Å². The molecule has 0 aliphatic rings. The SMILES string of the molecule is FC(F)(F)C(COCc1ccccc1)C(Cl)c1ccccc1. The molecule has 22 heavy (non-hydrogen) atoms. The molecule has 2 unspecified atom stereocenters. The molecule has 5 heteroatoms. The molecule has 0 amide bonds. The van der Waals surface area contributed by atoms with Crippen LogP contribution in [-0.2, 0) is 11.3 Å². The lowest BCUT2D eigenvalue weighted by atomic mass is 9.99. The summed E-state index contributed by atoms with van der Waals surface area (Å²) in [5.41, 5.74) is 1.27. The predicted octanol–water partition coefficient (Wildman–Crippen LogP) is 5.36. The third kappa shape index (κ3) is 4.75. The number of benzene rings is 2. The van der Waals surface area contributed by atoms with Gasteiger partial charge in [-0.2, -0.15) is 13.2 Å². The second-order valence-electron chi connectivity index (χ2n) is 4.96. The Bertz CT molecular complexity index is 557. The number of hydrogen-bond acceptors (Lipinski definition) is 1. The molecule has 0 aliphatic heterocycles. The lowest BCUT2D eigenvalue weighted by molar-refractivity contribution is -0.190. The van der Waals surface area contributed by atoms with E-state index in [1.807, 2.05) is 18.2 Å². The summed E-state index contributed by atoms with van der Waals surface area (Å²) < 4.78 is 44.9. The van der Waals surface area contributed by atoms with E-state index in [2.05, 4.69) is 0 Å². The minimum atomic E-state index is -4.42. The summed E-state index contributed by atoms with van der Waals surface area (Å²) in [6.07, 6.45) is -4.42. The molecule has 0 bridgehead atoms. The number of hydrogen-bond donors (Lipinski definition) is 0. The highest BCUT2D eigenvalue weighted by atomic mass is 35.5. The van der Waals surface area contributed by atoms with Gasteiger partial charge in [0.2, 0.25) is 0 Å². The maximum Gasteiger partial charge on any atom is 0.395 e. The van der Waals surface area contributed by atoms with Crippen molar-refractivity contribution in [2.24, 2.45) is 5.92 Å². The molecule has 2 aromatic carbocycles. The van der Waals surface area contributed by atoms with E-state index in [0.29, 0.717) is 5.56 Å². The fraction of sp³-hybridized carbons (Fsp3) is 0.294. The highest BCUT2D eigenvalue weighted by molar-refractivity contribution is 6.21. The largest absolute Gasteiger partial charge is 0.395 e. The second-order valence-corrected chi connectivity index (χ2v) is 5.43. The van der Waals surface area contributed by atoms with Crippen LogP contribution in [0, 0.1) is 5.92 Å². The zero-order valence-electron chi connectivity index (χ0n) is 11.8. The molecular weight excluding hydrogens is 313 g/mol. The summed E-state index contributed by atoms with van der Waals surface area (Å²) in [7, 11) is 0. The summed E-state index contributed by atoms with van der Waals surface area (Å²) in [6.45, 7) is -0.340. The lowest BCUT2D eigenvalue weighted by Crippen LogP contribution is -2.31. The third-order valence-corrected chi connectivity index (χ3v) is 3.86. The van der Waals surface area contributed by atoms with Crippen molar-refractivity contribution in [3.05, 3.63) is 71.8 Å². The molecule has 1 nitrogen and oxygen atoms in total. The molecule has 0 fully saturated rings. The number of alkyl halides is 4. The Balaban J connectivity index is 2.01. The van der Waals surface area contributed by atoms with E-state index < -0.39 is 24.1 Å². The molecule has 2 rings (SSSR count). The van der Waals surface area contributed by atoms with E-state index in [0.717, 1.165) is 5.56 Å². The van der Waals surface area contributed by atoms with E-state index in [1.54, 1.807) is 42.5 Å². The van der Waals surface area contributed by atoms with Crippen LogP contribution in [0.15, 0.2) is 60.7 Å². The van der Waals surface area contributed by atoms with Gasteiger partial charge in [0.1, 0.15) is 0 Å². The number of halogens is 4. The van der Waals surface area contributed by atoms with Crippen molar-refractivity contribution in [3.8, 4) is 0 Å². The van der Waals surface area contributed by atoms with E-state index in [-0.39, 0.29) is 6.61 Å². The predicted molar refractivity (Wildman–Crippen MR) is 80.7 cm³/mol. The molecule has 2 aromatic rings. The molecule has 2 atom stereocenters. The Morgan fingerprint density at radius 1 is 0.909 bits per heavy atom. The summed E-state index contributed by atoms with van der Waals surface area (Å²) in [4.78, 5) is 0. The average Bonchev–Trinajstić information content (AvgIpc) is 2.52. The molecule has 0 N–H and O–H groups in total. The molecule has 0 radical (unpaired) electrons. The second kappa shape index (κ2) is 7.65. The van der Waals surface area contributed by atoms with E-state index >= 15 is 0 Å². The molecular formula is C17H16ClF3O. The van der Waals surface area contributed by atoms with Gasteiger partial charge in [-0.3, -0.25) is 0 Å². The summed E-state index contributed by atoms with van der Waals surface area (Å²) >= 11 is 6.04. The summed E-state index contributed by atoms with van der Waals surface area (Å²) in [5, 5.41) is -1.17. The van der Waals surface area contributed by atoms with Crippen LogP contribution >= 0.6 is 11.6 Å². The number of ether oxygens (including phenoxy) is 1. The molecule has 0 aromatic heterocycles. The maximum absolute atomic E-state index is 13.2. The summed E-state index contributed by atoms with van der Waals surface area (Å²) in [5.74, 6) is -1.75. The van der Waals surface area contributed by atoms with Gasteiger partial charge in [-0.15, -0.1) is 11.6 Å². The zero-order chi connectivity index (χ0) is 16.0. The van der Waals surface area contributed by atoms with Crippen molar-refractivity contribution in [2.75, 3.05) is 6.61 Å².